The van der Waals surface area contributed by atoms with E-state index in [2.05, 4.69) is 192 Å². The van der Waals surface area contributed by atoms with Gasteiger partial charge in [-0.25, -0.2) is 0 Å². The summed E-state index contributed by atoms with van der Waals surface area (Å²) in [4.78, 5) is 17.5. The van der Waals surface area contributed by atoms with Crippen molar-refractivity contribution in [2.45, 2.75) is 259 Å². The van der Waals surface area contributed by atoms with Crippen LogP contribution in [0.4, 0.5) is 0 Å². The third kappa shape index (κ3) is 37.4. The van der Waals surface area contributed by atoms with Crippen LogP contribution in [0.2, 0.25) is 0 Å². The standard InChI is InChI=1S/C11H22N2.C10H20N2.C9H19N.2C8H17N.C7H15N.3C2H6.2CH4.2Y/c1-11(2,3)13-8-7-12-6-4-5-10(12)9-13;1-10(2,3)12-6-8-4-11-5-9(8)7-12;1-6-8-10(7-2)9(3,4)5;1-8(2,3)9-6-4-5-7-9;1-6-9(7-2)8(3,4)5;1-7(2,3)8-5-4-6-8;3*1-2;;;;/h10H,4-9H2,1-3H3;8-9,11H,4-7H2,1-3H3;1-2,6-8H2,3-5H3;4-7H2,1-3H3;1-2,6-7H2,3-5H3;4-6H2,1-3H3;3*1-2H3;2*1H4;;/q;;-2;;-2;;;;;;;;. The Morgan fingerprint density at radius 1 is 0.423 bits per heavy atom. The first-order valence-electron chi connectivity index (χ1n) is 28.0. The molecule has 6 rings (SSSR count). The normalized spacial score (nSPS) is 21.3. The smallest absolute Gasteiger partial charge is 0.0224 e. The van der Waals surface area contributed by atoms with E-state index in [1.807, 2.05) is 41.5 Å². The third-order valence-corrected chi connectivity index (χ3v) is 13.9. The van der Waals surface area contributed by atoms with Crippen LogP contribution in [0.25, 0.3) is 0 Å². The largest absolute Gasteiger partial charge is 0.358 e. The van der Waals surface area contributed by atoms with Gasteiger partial charge in [0.15, 0.2) is 0 Å². The van der Waals surface area contributed by atoms with E-state index in [-0.39, 0.29) is 91.3 Å². The van der Waals surface area contributed by atoms with Crippen LogP contribution in [-0.2, 0) is 65.4 Å². The Labute approximate surface area is 503 Å². The Balaban J connectivity index is -0.000000135. The zero-order chi connectivity index (χ0) is 53.0. The summed E-state index contributed by atoms with van der Waals surface area (Å²) in [6, 6.07) is 0.868. The topological polar surface area (TPSA) is 34.7 Å². The van der Waals surface area contributed by atoms with Crippen molar-refractivity contribution >= 4 is 0 Å². The van der Waals surface area contributed by atoms with Crippen molar-refractivity contribution in [2.75, 3.05) is 105 Å². The maximum atomic E-state index is 3.87. The molecule has 71 heavy (non-hydrogen) atoms. The van der Waals surface area contributed by atoms with Gasteiger partial charge in [0.1, 0.15) is 0 Å². The van der Waals surface area contributed by atoms with Gasteiger partial charge in [-0.2, -0.15) is 6.42 Å². The molecule has 6 aliphatic rings. The van der Waals surface area contributed by atoms with E-state index in [1.54, 1.807) is 0 Å². The number of fused-ring (bicyclic) bond motifs is 2. The van der Waals surface area contributed by atoms with Crippen LogP contribution < -0.4 is 5.32 Å². The molecule has 2 radical (unpaired) electrons. The first-order chi connectivity index (χ1) is 30.9. The van der Waals surface area contributed by atoms with Gasteiger partial charge in [-0.05, 0) is 221 Å². The van der Waals surface area contributed by atoms with Crippen LogP contribution in [0.3, 0.4) is 0 Å². The molecule has 0 bridgehead atoms. The van der Waals surface area contributed by atoms with Crippen molar-refractivity contribution in [3.63, 3.8) is 0 Å². The number of piperazine rings is 1. The van der Waals surface area contributed by atoms with Gasteiger partial charge in [0.05, 0.1) is 0 Å². The van der Waals surface area contributed by atoms with Crippen LogP contribution >= 0.6 is 0 Å². The Morgan fingerprint density at radius 3 is 1.01 bits per heavy atom. The molecule has 0 aliphatic carbocycles. The van der Waals surface area contributed by atoms with Crippen LogP contribution in [-0.4, -0.2) is 178 Å². The van der Waals surface area contributed by atoms with E-state index in [0.29, 0.717) is 22.2 Å². The van der Waals surface area contributed by atoms with Crippen molar-refractivity contribution in [3.8, 4) is 0 Å². The Bertz CT molecular complexity index is 1110. The fourth-order valence-electron chi connectivity index (χ4n) is 9.13. The van der Waals surface area contributed by atoms with Gasteiger partial charge < -0.3 is 42.8 Å². The monoisotopic (exact) mass is 1160 g/mol. The second kappa shape index (κ2) is 43.7. The summed E-state index contributed by atoms with van der Waals surface area (Å²) in [5.41, 5.74) is 2.07. The molecule has 3 unspecified atom stereocenters. The number of hydrogen-bond donors (Lipinski definition) is 1. The summed E-state index contributed by atoms with van der Waals surface area (Å²) in [6.45, 7) is 87.2. The molecule has 6 saturated heterocycles. The fraction of sp³-hybridized carbons (Fsp3) is 0.934. The molecule has 0 spiro atoms. The van der Waals surface area contributed by atoms with E-state index >= 15 is 0 Å². The summed E-state index contributed by atoms with van der Waals surface area (Å²) >= 11 is 0. The van der Waals surface area contributed by atoms with Gasteiger partial charge >= 0.3 is 0 Å². The van der Waals surface area contributed by atoms with Crippen molar-refractivity contribution in [1.29, 1.82) is 0 Å². The molecule has 0 aromatic carbocycles. The molecule has 430 valence electrons. The molecular formula is C61H136N8Y2-4. The first-order valence-corrected chi connectivity index (χ1v) is 28.0. The van der Waals surface area contributed by atoms with Crippen molar-refractivity contribution < 1.29 is 65.4 Å². The SMILES string of the molecule is C.C.CC.CC.CC.CC(C)(C)N1CC2CNCC2C1.CC(C)(C)N1CCC1.CC(C)(C)N1CCCC1.CC(C)(C)N1CCN2CCCC2C1.[CH2-]CCN(C[CH2-])C(C)(C)C.[CH2-]CN(C[CH2-])C(C)(C)C.[Y].[Y]. The fourth-order valence-corrected chi connectivity index (χ4v) is 9.13. The average Bonchev–Trinajstić information content (AvgIpc) is 4.04. The zero-order valence-corrected chi connectivity index (χ0v) is 57.6. The summed E-state index contributed by atoms with van der Waals surface area (Å²) in [5, 5.41) is 3.47. The minimum absolute atomic E-state index is 0. The van der Waals surface area contributed by atoms with Crippen molar-refractivity contribution in [3.05, 3.63) is 27.7 Å². The van der Waals surface area contributed by atoms with E-state index in [4.69, 9.17) is 0 Å². The summed E-state index contributed by atoms with van der Waals surface area (Å²) in [6.07, 6.45) is 8.01. The van der Waals surface area contributed by atoms with Crippen LogP contribution in [0, 0.1) is 39.5 Å². The minimum Gasteiger partial charge on any atom is -0.358 e. The van der Waals surface area contributed by atoms with E-state index < -0.39 is 0 Å². The molecule has 10 heteroatoms. The second-order valence-electron chi connectivity index (χ2n) is 24.7. The van der Waals surface area contributed by atoms with E-state index in [9.17, 15) is 0 Å². The molecule has 6 heterocycles. The maximum Gasteiger partial charge on any atom is 0.0224 e. The summed E-state index contributed by atoms with van der Waals surface area (Å²) in [5.74, 6) is 1.87. The number of nitrogens with one attached hydrogen (secondary N) is 1. The number of nitrogens with zero attached hydrogens (tertiary/aromatic N) is 7. The molecule has 0 saturated carbocycles. The van der Waals surface area contributed by atoms with Gasteiger partial charge in [0, 0.05) is 137 Å². The first kappa shape index (κ1) is 86.8. The predicted octanol–water partition coefficient (Wildman–Crippen LogP) is 14.1. The number of likely N-dealkylation sites (tertiary alicyclic amines) is 3. The maximum absolute atomic E-state index is 3.87. The van der Waals surface area contributed by atoms with Crippen LogP contribution in [0.5, 0.6) is 0 Å². The van der Waals surface area contributed by atoms with Gasteiger partial charge in [-0.1, -0.05) is 56.4 Å². The Hall–Kier alpha value is 1.89. The van der Waals surface area contributed by atoms with Gasteiger partial charge in [0.25, 0.3) is 0 Å². The minimum atomic E-state index is 0. The number of rotatable bonds is 5. The van der Waals surface area contributed by atoms with E-state index in [1.165, 1.54) is 111 Å². The second-order valence-corrected chi connectivity index (χ2v) is 24.7. The third-order valence-electron chi connectivity index (χ3n) is 13.9. The molecule has 0 aromatic heterocycles. The molecule has 1 N–H and O–H groups in total. The van der Waals surface area contributed by atoms with Gasteiger partial charge in [-0.3, -0.25) is 24.5 Å². The Kier molecular flexibility index (Phi) is 53.4. The average molecular weight is 1160 g/mol. The summed E-state index contributed by atoms with van der Waals surface area (Å²) < 4.78 is 0. The molecule has 8 nitrogen and oxygen atoms in total. The van der Waals surface area contributed by atoms with Crippen LogP contribution in [0.1, 0.15) is 220 Å². The molecule has 3 atom stereocenters. The zero-order valence-electron chi connectivity index (χ0n) is 51.9. The van der Waals surface area contributed by atoms with Gasteiger partial charge in [-0.15, -0.1) is 19.6 Å². The quantitative estimate of drug-likeness (QED) is 0.273. The van der Waals surface area contributed by atoms with E-state index in [0.717, 1.165) is 50.5 Å². The Morgan fingerprint density at radius 2 is 0.775 bits per heavy atom. The molecule has 0 amide bonds. The van der Waals surface area contributed by atoms with Crippen molar-refractivity contribution in [1.82, 2.24) is 39.6 Å². The van der Waals surface area contributed by atoms with Gasteiger partial charge in [0.2, 0.25) is 0 Å². The summed E-state index contributed by atoms with van der Waals surface area (Å²) in [7, 11) is 0. The molecule has 0 aromatic rings. The molecular weight excluding hydrogens is 1020 g/mol. The number of hydrogen-bond acceptors (Lipinski definition) is 8. The van der Waals surface area contributed by atoms with Crippen molar-refractivity contribution in [2.24, 2.45) is 11.8 Å². The van der Waals surface area contributed by atoms with Crippen LogP contribution in [0.15, 0.2) is 0 Å². The molecule has 6 fully saturated rings. The predicted molar refractivity (Wildman–Crippen MR) is 320 cm³/mol. The molecule has 6 aliphatic heterocycles.